The molecule has 7 heteroatoms. The van der Waals surface area contributed by atoms with Crippen LogP contribution in [0.25, 0.3) is 11.4 Å². The number of anilines is 1. The van der Waals surface area contributed by atoms with E-state index in [1.807, 2.05) is 26.0 Å². The zero-order chi connectivity index (χ0) is 18.2. The molecule has 0 fully saturated rings. The van der Waals surface area contributed by atoms with E-state index in [4.69, 9.17) is 4.52 Å². The number of aryl methyl sites for hydroxylation is 3. The van der Waals surface area contributed by atoms with Crippen LogP contribution in [-0.2, 0) is 10.0 Å². The molecule has 0 amide bonds. The highest BCUT2D eigenvalue weighted by atomic mass is 32.2. The lowest BCUT2D eigenvalue weighted by molar-refractivity contribution is 0.394. The van der Waals surface area contributed by atoms with Crippen LogP contribution < -0.4 is 4.72 Å². The highest BCUT2D eigenvalue weighted by molar-refractivity contribution is 7.92. The Morgan fingerprint density at radius 2 is 1.76 bits per heavy atom. The molecule has 25 heavy (non-hydrogen) atoms. The van der Waals surface area contributed by atoms with E-state index in [9.17, 15) is 8.42 Å². The van der Waals surface area contributed by atoms with Crippen molar-refractivity contribution in [2.75, 3.05) is 4.72 Å². The van der Waals surface area contributed by atoms with Gasteiger partial charge in [-0.05, 0) is 49.6 Å². The van der Waals surface area contributed by atoms with E-state index in [0.29, 0.717) is 28.5 Å². The predicted molar refractivity (Wildman–Crippen MR) is 95.9 cm³/mol. The fourth-order valence-electron chi connectivity index (χ4n) is 2.51. The maximum Gasteiger partial charge on any atom is 0.262 e. The molecule has 0 spiro atoms. The average molecular weight is 357 g/mol. The Hall–Kier alpha value is -2.67. The largest absolute Gasteiger partial charge is 0.339 e. The number of benzene rings is 2. The molecule has 0 aliphatic carbocycles. The number of nitrogens with zero attached hydrogens (tertiary/aromatic N) is 2. The lowest BCUT2D eigenvalue weighted by Crippen LogP contribution is -2.15. The van der Waals surface area contributed by atoms with Gasteiger partial charge in [-0.15, -0.1) is 0 Å². The molecule has 0 atom stereocenters. The SMILES string of the molecule is Cc1nc(-c2ccc(C)c(S(=O)(=O)Nc3cccc(C)c3C)c2)no1. The smallest absolute Gasteiger partial charge is 0.262 e. The van der Waals surface area contributed by atoms with Crippen LogP contribution in [0.15, 0.2) is 45.8 Å². The van der Waals surface area contributed by atoms with Gasteiger partial charge in [0.1, 0.15) is 0 Å². The van der Waals surface area contributed by atoms with Gasteiger partial charge in [0.25, 0.3) is 10.0 Å². The molecule has 1 N–H and O–H groups in total. The second-order valence-corrected chi connectivity index (χ2v) is 7.62. The van der Waals surface area contributed by atoms with E-state index in [1.165, 1.54) is 0 Å². The van der Waals surface area contributed by atoms with Gasteiger partial charge in [-0.1, -0.05) is 29.4 Å². The van der Waals surface area contributed by atoms with Crippen molar-refractivity contribution in [1.82, 2.24) is 10.1 Å². The molecule has 2 aromatic carbocycles. The summed E-state index contributed by atoms with van der Waals surface area (Å²) in [5.74, 6) is 0.786. The van der Waals surface area contributed by atoms with Crippen LogP contribution in [-0.4, -0.2) is 18.6 Å². The first-order valence-electron chi connectivity index (χ1n) is 7.78. The lowest BCUT2D eigenvalue weighted by Gasteiger charge is -2.14. The second kappa shape index (κ2) is 6.33. The van der Waals surface area contributed by atoms with E-state index < -0.39 is 10.0 Å². The van der Waals surface area contributed by atoms with Gasteiger partial charge in [-0.25, -0.2) is 8.42 Å². The number of sulfonamides is 1. The van der Waals surface area contributed by atoms with E-state index in [-0.39, 0.29) is 4.90 Å². The summed E-state index contributed by atoms with van der Waals surface area (Å²) in [7, 11) is -3.74. The third-order valence-electron chi connectivity index (χ3n) is 4.11. The number of rotatable bonds is 4. The summed E-state index contributed by atoms with van der Waals surface area (Å²) < 4.78 is 33.4. The van der Waals surface area contributed by atoms with Crippen molar-refractivity contribution in [3.05, 3.63) is 59.0 Å². The van der Waals surface area contributed by atoms with Crippen molar-refractivity contribution in [2.24, 2.45) is 0 Å². The minimum atomic E-state index is -3.74. The lowest BCUT2D eigenvalue weighted by atomic mass is 10.1. The summed E-state index contributed by atoms with van der Waals surface area (Å²) in [4.78, 5) is 4.34. The normalized spacial score (nSPS) is 11.5. The molecule has 0 bridgehead atoms. The van der Waals surface area contributed by atoms with Gasteiger partial charge in [-0.2, -0.15) is 4.98 Å². The molecule has 0 aliphatic rings. The molecule has 0 unspecified atom stereocenters. The zero-order valence-electron chi connectivity index (χ0n) is 14.5. The minimum absolute atomic E-state index is 0.188. The standard InChI is InChI=1S/C18H19N3O3S/c1-11-6-5-7-16(13(11)3)21-25(22,23)17-10-15(9-8-12(17)2)18-19-14(4)24-20-18/h5-10,21H,1-4H3. The number of nitrogens with one attached hydrogen (secondary N) is 1. The quantitative estimate of drug-likeness (QED) is 0.768. The first kappa shape index (κ1) is 17.2. The summed E-state index contributed by atoms with van der Waals surface area (Å²) in [6.07, 6.45) is 0. The molecule has 0 aliphatic heterocycles. The summed E-state index contributed by atoms with van der Waals surface area (Å²) in [5.41, 5.74) is 3.72. The van der Waals surface area contributed by atoms with Crippen molar-refractivity contribution >= 4 is 15.7 Å². The monoisotopic (exact) mass is 357 g/mol. The number of aromatic nitrogens is 2. The summed E-state index contributed by atoms with van der Waals surface area (Å²) in [5, 5.41) is 3.85. The molecule has 3 rings (SSSR count). The third-order valence-corrected chi connectivity index (χ3v) is 5.62. The highest BCUT2D eigenvalue weighted by Crippen LogP contribution is 2.27. The van der Waals surface area contributed by atoms with Crippen LogP contribution in [0, 0.1) is 27.7 Å². The van der Waals surface area contributed by atoms with Crippen LogP contribution in [0.5, 0.6) is 0 Å². The molecule has 1 aromatic heterocycles. The van der Waals surface area contributed by atoms with Gasteiger partial charge < -0.3 is 4.52 Å². The molecular formula is C18H19N3O3S. The van der Waals surface area contributed by atoms with E-state index in [2.05, 4.69) is 14.9 Å². The minimum Gasteiger partial charge on any atom is -0.339 e. The van der Waals surface area contributed by atoms with Gasteiger partial charge >= 0.3 is 0 Å². The molecule has 6 nitrogen and oxygen atoms in total. The number of hydrogen-bond acceptors (Lipinski definition) is 5. The average Bonchev–Trinajstić information content (AvgIpc) is 2.98. The van der Waals surface area contributed by atoms with Gasteiger partial charge in [0, 0.05) is 12.5 Å². The molecule has 0 saturated heterocycles. The summed E-state index contributed by atoms with van der Waals surface area (Å²) >= 11 is 0. The molecule has 0 saturated carbocycles. The van der Waals surface area contributed by atoms with Crippen molar-refractivity contribution < 1.29 is 12.9 Å². The van der Waals surface area contributed by atoms with Crippen molar-refractivity contribution in [1.29, 1.82) is 0 Å². The topological polar surface area (TPSA) is 85.1 Å². The predicted octanol–water partition coefficient (Wildman–Crippen LogP) is 3.77. The molecule has 1 heterocycles. The van der Waals surface area contributed by atoms with Gasteiger partial charge in [0.05, 0.1) is 10.6 Å². The third kappa shape index (κ3) is 3.41. The molecular weight excluding hydrogens is 338 g/mol. The Balaban J connectivity index is 2.03. The van der Waals surface area contributed by atoms with Crippen molar-refractivity contribution in [3.63, 3.8) is 0 Å². The van der Waals surface area contributed by atoms with Crippen LogP contribution >= 0.6 is 0 Å². The fraction of sp³-hybridized carbons (Fsp3) is 0.222. The second-order valence-electron chi connectivity index (χ2n) is 5.97. The summed E-state index contributed by atoms with van der Waals surface area (Å²) in [6, 6.07) is 10.6. The van der Waals surface area contributed by atoms with E-state index in [1.54, 1.807) is 38.1 Å². The van der Waals surface area contributed by atoms with Crippen LogP contribution in [0.3, 0.4) is 0 Å². The Labute approximate surface area is 147 Å². The molecule has 3 aromatic rings. The van der Waals surface area contributed by atoms with Crippen molar-refractivity contribution in [3.8, 4) is 11.4 Å². The Morgan fingerprint density at radius 3 is 2.44 bits per heavy atom. The van der Waals surface area contributed by atoms with Crippen LogP contribution in [0.4, 0.5) is 5.69 Å². The Kier molecular flexibility index (Phi) is 4.34. The maximum atomic E-state index is 12.9. The molecule has 130 valence electrons. The number of hydrogen-bond donors (Lipinski definition) is 1. The summed E-state index contributed by atoms with van der Waals surface area (Å²) in [6.45, 7) is 7.27. The zero-order valence-corrected chi connectivity index (χ0v) is 15.3. The van der Waals surface area contributed by atoms with Gasteiger partial charge in [0.2, 0.25) is 11.7 Å². The van der Waals surface area contributed by atoms with E-state index >= 15 is 0 Å². The van der Waals surface area contributed by atoms with E-state index in [0.717, 1.165) is 11.1 Å². The maximum absolute atomic E-state index is 12.9. The first-order chi connectivity index (χ1) is 11.8. The van der Waals surface area contributed by atoms with Crippen LogP contribution in [0.1, 0.15) is 22.6 Å². The highest BCUT2D eigenvalue weighted by Gasteiger charge is 2.20. The fourth-order valence-corrected chi connectivity index (χ4v) is 3.90. The molecule has 0 radical (unpaired) electrons. The van der Waals surface area contributed by atoms with Gasteiger partial charge in [-0.3, -0.25) is 4.72 Å². The van der Waals surface area contributed by atoms with Crippen LogP contribution in [0.2, 0.25) is 0 Å². The Bertz CT molecular complexity index is 1040. The van der Waals surface area contributed by atoms with Gasteiger partial charge in [0.15, 0.2) is 0 Å². The Morgan fingerprint density at radius 1 is 1.00 bits per heavy atom. The first-order valence-corrected chi connectivity index (χ1v) is 9.26. The van der Waals surface area contributed by atoms with Crippen molar-refractivity contribution in [2.45, 2.75) is 32.6 Å².